The molecule has 0 bridgehead atoms. The Hall–Kier alpha value is -4.89. The highest BCUT2D eigenvalue weighted by Gasteiger charge is 2.19. The molecule has 1 aliphatic heterocycles. The van der Waals surface area contributed by atoms with Crippen molar-refractivity contribution in [3.05, 3.63) is 109 Å². The molecule has 4 N–H and O–H groups in total. The largest absolute Gasteiger partial charge is 0.358 e. The van der Waals surface area contributed by atoms with E-state index in [-0.39, 0.29) is 5.82 Å². The van der Waals surface area contributed by atoms with Crippen LogP contribution >= 0.6 is 0 Å². The summed E-state index contributed by atoms with van der Waals surface area (Å²) in [6.07, 6.45) is 12.2. The Morgan fingerprint density at radius 2 is 1.89 bits per heavy atom. The maximum atomic E-state index is 14.0. The maximum absolute atomic E-state index is 14.0. The van der Waals surface area contributed by atoms with Gasteiger partial charge in [0.05, 0.1) is 23.0 Å². The van der Waals surface area contributed by atoms with Gasteiger partial charge in [-0.25, -0.2) is 14.4 Å². The minimum Gasteiger partial charge on any atom is -0.358 e. The molecule has 5 aromatic rings. The highest BCUT2D eigenvalue weighted by atomic mass is 19.1. The molecule has 1 aromatic carbocycles. The molecule has 44 heavy (non-hydrogen) atoms. The van der Waals surface area contributed by atoms with Gasteiger partial charge >= 0.3 is 0 Å². The monoisotopic (exact) mass is 590 g/mol. The first-order valence-electron chi connectivity index (χ1n) is 15.1. The number of pyridine rings is 2. The van der Waals surface area contributed by atoms with E-state index in [0.29, 0.717) is 34.3 Å². The fraction of sp³-hybridized carbons (Fsp3) is 0.257. The number of nitrogens with one attached hydrogen (secondary N) is 4. The van der Waals surface area contributed by atoms with Crippen LogP contribution in [0.15, 0.2) is 86.0 Å². The predicted octanol–water partition coefficient (Wildman–Crippen LogP) is 7.82. The van der Waals surface area contributed by atoms with Crippen molar-refractivity contribution in [3.63, 3.8) is 0 Å². The number of aromatic nitrogens is 6. The van der Waals surface area contributed by atoms with Gasteiger partial charge in [0.1, 0.15) is 11.5 Å². The SMILES string of the molecule is C=C/C=C(/c1cccc(F)c1)c1nc(-c2[nH]nc3ncc(-c4cncc(NC(=C)CC5CCNCC5)c4)cc23)[nH]c1C.CC. The summed E-state index contributed by atoms with van der Waals surface area (Å²) in [5.74, 6) is 0.948. The van der Waals surface area contributed by atoms with Crippen LogP contribution in [0.25, 0.3) is 39.3 Å². The second-order valence-corrected chi connectivity index (χ2v) is 10.7. The van der Waals surface area contributed by atoms with Crippen molar-refractivity contribution in [2.24, 2.45) is 5.92 Å². The molecule has 0 saturated carbocycles. The van der Waals surface area contributed by atoms with Crippen LogP contribution in [-0.4, -0.2) is 43.2 Å². The number of H-pyrrole nitrogens is 2. The van der Waals surface area contributed by atoms with E-state index in [1.165, 1.54) is 25.0 Å². The molecule has 9 heteroatoms. The molecule has 4 aromatic heterocycles. The second-order valence-electron chi connectivity index (χ2n) is 10.7. The Balaban J connectivity index is 0.00000188. The highest BCUT2D eigenvalue weighted by Crippen LogP contribution is 2.32. The molecule has 8 nitrogen and oxygen atoms in total. The average Bonchev–Trinajstić information content (AvgIpc) is 3.64. The molecular weight excluding hydrogens is 551 g/mol. The van der Waals surface area contributed by atoms with Crippen LogP contribution in [0, 0.1) is 18.7 Å². The van der Waals surface area contributed by atoms with E-state index in [1.807, 2.05) is 51.4 Å². The zero-order chi connectivity index (χ0) is 31.1. The quantitative estimate of drug-likeness (QED) is 0.130. The Kier molecular flexibility index (Phi) is 9.76. The first-order valence-corrected chi connectivity index (χ1v) is 15.1. The summed E-state index contributed by atoms with van der Waals surface area (Å²) in [6.45, 7) is 16.2. The van der Waals surface area contributed by atoms with Gasteiger partial charge in [-0.2, -0.15) is 5.10 Å². The number of nitrogens with zero attached hydrogens (tertiary/aromatic N) is 4. The number of piperidine rings is 1. The van der Waals surface area contributed by atoms with Crippen LogP contribution in [0.4, 0.5) is 10.1 Å². The number of allylic oxidation sites excluding steroid dienone is 3. The van der Waals surface area contributed by atoms with Crippen molar-refractivity contribution in [1.82, 2.24) is 35.5 Å². The topological polar surface area (TPSA) is 107 Å². The fourth-order valence-electron chi connectivity index (χ4n) is 5.52. The average molecular weight is 591 g/mol. The van der Waals surface area contributed by atoms with Gasteiger partial charge in [-0.1, -0.05) is 51.3 Å². The highest BCUT2D eigenvalue weighted by molar-refractivity contribution is 5.92. The van der Waals surface area contributed by atoms with Crippen molar-refractivity contribution < 1.29 is 4.39 Å². The number of aryl methyl sites for hydroxylation is 1. The number of hydrogen-bond acceptors (Lipinski definition) is 6. The summed E-state index contributed by atoms with van der Waals surface area (Å²) in [4.78, 5) is 17.3. The van der Waals surface area contributed by atoms with Crippen LogP contribution in [0.5, 0.6) is 0 Å². The Labute approximate surface area is 257 Å². The van der Waals surface area contributed by atoms with E-state index in [2.05, 4.69) is 55.0 Å². The van der Waals surface area contributed by atoms with Gasteiger partial charge in [-0.15, -0.1) is 0 Å². The van der Waals surface area contributed by atoms with Crippen LogP contribution in [0.2, 0.25) is 0 Å². The molecule has 6 rings (SSSR count). The first kappa shape index (κ1) is 30.6. The Morgan fingerprint density at radius 1 is 1.09 bits per heavy atom. The van der Waals surface area contributed by atoms with Crippen LogP contribution in [0.1, 0.15) is 50.1 Å². The summed E-state index contributed by atoms with van der Waals surface area (Å²) in [5, 5.41) is 15.2. The lowest BCUT2D eigenvalue weighted by atomic mass is 9.93. The van der Waals surface area contributed by atoms with Crippen LogP contribution < -0.4 is 10.6 Å². The normalized spacial score (nSPS) is 13.8. The maximum Gasteiger partial charge on any atom is 0.181 e. The summed E-state index contributed by atoms with van der Waals surface area (Å²) >= 11 is 0. The number of aromatic amines is 2. The number of rotatable bonds is 9. The third-order valence-corrected chi connectivity index (χ3v) is 7.59. The Bertz CT molecular complexity index is 1790. The number of hydrogen-bond donors (Lipinski definition) is 4. The summed E-state index contributed by atoms with van der Waals surface area (Å²) < 4.78 is 14.0. The van der Waals surface area contributed by atoms with Gasteiger partial charge < -0.3 is 15.6 Å². The van der Waals surface area contributed by atoms with Crippen molar-refractivity contribution in [3.8, 4) is 22.6 Å². The van der Waals surface area contributed by atoms with Crippen molar-refractivity contribution in [2.75, 3.05) is 18.4 Å². The summed E-state index contributed by atoms with van der Waals surface area (Å²) in [7, 11) is 0. The van der Waals surface area contributed by atoms with Crippen molar-refractivity contribution in [2.45, 2.75) is 40.0 Å². The van der Waals surface area contributed by atoms with E-state index in [0.717, 1.165) is 58.7 Å². The molecule has 5 heterocycles. The van der Waals surface area contributed by atoms with Gasteiger partial charge in [-0.05, 0) is 75.0 Å². The number of benzene rings is 1. The smallest absolute Gasteiger partial charge is 0.181 e. The molecule has 1 saturated heterocycles. The minimum absolute atomic E-state index is 0.311. The molecular formula is C35H39FN8. The molecule has 0 unspecified atom stereocenters. The molecule has 1 aliphatic rings. The van der Waals surface area contributed by atoms with Gasteiger partial charge in [0.2, 0.25) is 0 Å². The van der Waals surface area contributed by atoms with Gasteiger partial charge in [-0.3, -0.25) is 10.1 Å². The minimum atomic E-state index is -0.311. The third-order valence-electron chi connectivity index (χ3n) is 7.59. The molecule has 1 fully saturated rings. The lowest BCUT2D eigenvalue weighted by molar-refractivity contribution is 0.373. The molecule has 0 aliphatic carbocycles. The van der Waals surface area contributed by atoms with E-state index in [4.69, 9.17) is 4.98 Å². The fourth-order valence-corrected chi connectivity index (χ4v) is 5.52. The van der Waals surface area contributed by atoms with E-state index < -0.39 is 0 Å². The molecule has 0 spiro atoms. The van der Waals surface area contributed by atoms with E-state index in [1.54, 1.807) is 18.3 Å². The second kappa shape index (κ2) is 14.1. The molecule has 226 valence electrons. The van der Waals surface area contributed by atoms with Crippen molar-refractivity contribution >= 4 is 22.3 Å². The van der Waals surface area contributed by atoms with Gasteiger partial charge in [0, 0.05) is 40.5 Å². The molecule has 0 atom stereocenters. The van der Waals surface area contributed by atoms with Gasteiger partial charge in [0.25, 0.3) is 0 Å². The lowest BCUT2D eigenvalue weighted by Crippen LogP contribution is -2.28. The number of fused-ring (bicyclic) bond motifs is 1. The van der Waals surface area contributed by atoms with E-state index >= 15 is 0 Å². The third kappa shape index (κ3) is 6.84. The Morgan fingerprint density at radius 3 is 2.66 bits per heavy atom. The zero-order valence-corrected chi connectivity index (χ0v) is 25.5. The van der Waals surface area contributed by atoms with Crippen LogP contribution in [0.3, 0.4) is 0 Å². The predicted molar refractivity (Wildman–Crippen MR) is 177 cm³/mol. The summed E-state index contributed by atoms with van der Waals surface area (Å²) in [5.41, 5.74) is 8.03. The van der Waals surface area contributed by atoms with E-state index in [9.17, 15) is 4.39 Å². The molecule has 0 amide bonds. The van der Waals surface area contributed by atoms with Crippen LogP contribution in [-0.2, 0) is 0 Å². The number of anilines is 1. The number of imidazole rings is 1. The summed E-state index contributed by atoms with van der Waals surface area (Å²) in [6, 6.07) is 10.6. The first-order chi connectivity index (χ1) is 21.5. The zero-order valence-electron chi connectivity index (χ0n) is 25.5. The standard InChI is InChI=1S/C33H33FN8.C2H6/c1-4-6-28(23-7-5-8-26(34)14-23)30-21(3)39-33(40-30)31-29-16-25(18-37-32(29)42-41-31)24-15-27(19-36-17-24)38-20(2)13-22-9-11-35-12-10-22;1-2/h4-8,14-19,22,35,38H,1-2,9-13H2,3H3,(H,39,40)(H,37,41,42);1-2H3/b28-6-;. The van der Waals surface area contributed by atoms with Gasteiger partial charge in [0.15, 0.2) is 11.5 Å². The molecule has 0 radical (unpaired) electrons. The lowest BCUT2D eigenvalue weighted by Gasteiger charge is -2.23. The van der Waals surface area contributed by atoms with Crippen molar-refractivity contribution in [1.29, 1.82) is 0 Å². The number of halogens is 1.